The summed E-state index contributed by atoms with van der Waals surface area (Å²) in [5.74, 6) is -0.665. The second-order valence-electron chi connectivity index (χ2n) is 4.99. The van der Waals surface area contributed by atoms with Crippen LogP contribution in [0.3, 0.4) is 0 Å². The summed E-state index contributed by atoms with van der Waals surface area (Å²) in [7, 11) is 0. The second-order valence-corrected chi connectivity index (χ2v) is 4.99. The quantitative estimate of drug-likeness (QED) is 0.908. The summed E-state index contributed by atoms with van der Waals surface area (Å²) in [5.41, 5.74) is -1.23. The molecule has 1 N–H and O–H groups in total. The average molecular weight is 287 g/mol. The Morgan fingerprint density at radius 3 is 2.70 bits per heavy atom. The van der Waals surface area contributed by atoms with Crippen molar-refractivity contribution in [3.63, 3.8) is 0 Å². The SMILES string of the molecule is O=C(c1ccccc1C(F)(F)F)N1CCCC(CO)C1. The lowest BCUT2D eigenvalue weighted by Gasteiger charge is -2.32. The summed E-state index contributed by atoms with van der Waals surface area (Å²) < 4.78 is 38.7. The number of carbonyl (C=O) groups excluding carboxylic acids is 1. The molecule has 0 spiro atoms. The van der Waals surface area contributed by atoms with Gasteiger partial charge < -0.3 is 10.0 Å². The van der Waals surface area contributed by atoms with Crippen molar-refractivity contribution in [1.82, 2.24) is 4.90 Å². The molecule has 0 saturated carbocycles. The Kier molecular flexibility index (Phi) is 4.32. The van der Waals surface area contributed by atoms with Crippen molar-refractivity contribution in [3.8, 4) is 0 Å². The first kappa shape index (κ1) is 14.8. The van der Waals surface area contributed by atoms with Crippen molar-refractivity contribution >= 4 is 5.91 Å². The van der Waals surface area contributed by atoms with E-state index in [0.717, 1.165) is 12.5 Å². The van der Waals surface area contributed by atoms with Crippen LogP contribution in [0.1, 0.15) is 28.8 Å². The third-order valence-corrected chi connectivity index (χ3v) is 3.53. The molecule has 2 rings (SSSR count). The van der Waals surface area contributed by atoms with Crippen LogP contribution in [0.25, 0.3) is 0 Å². The molecule has 0 radical (unpaired) electrons. The number of hydrogen-bond donors (Lipinski definition) is 1. The van der Waals surface area contributed by atoms with E-state index in [-0.39, 0.29) is 18.1 Å². The van der Waals surface area contributed by atoms with Gasteiger partial charge >= 0.3 is 6.18 Å². The van der Waals surface area contributed by atoms with E-state index in [1.165, 1.54) is 23.1 Å². The smallest absolute Gasteiger partial charge is 0.396 e. The number of aliphatic hydroxyl groups is 1. The number of likely N-dealkylation sites (tertiary alicyclic amines) is 1. The van der Waals surface area contributed by atoms with Gasteiger partial charge in [0, 0.05) is 19.7 Å². The Balaban J connectivity index is 2.25. The van der Waals surface area contributed by atoms with Crippen LogP contribution in [-0.4, -0.2) is 35.6 Å². The van der Waals surface area contributed by atoms with Gasteiger partial charge in [-0.25, -0.2) is 0 Å². The number of aliphatic hydroxyl groups excluding tert-OH is 1. The van der Waals surface area contributed by atoms with E-state index in [2.05, 4.69) is 0 Å². The number of nitrogens with zero attached hydrogens (tertiary/aromatic N) is 1. The van der Waals surface area contributed by atoms with E-state index in [1.54, 1.807) is 0 Å². The zero-order valence-corrected chi connectivity index (χ0v) is 10.9. The van der Waals surface area contributed by atoms with Crippen molar-refractivity contribution < 1.29 is 23.1 Å². The summed E-state index contributed by atoms with van der Waals surface area (Å²) in [6.07, 6.45) is -3.05. The van der Waals surface area contributed by atoms with Gasteiger partial charge in [0.15, 0.2) is 0 Å². The molecule has 0 aromatic heterocycles. The zero-order valence-electron chi connectivity index (χ0n) is 10.9. The first-order valence-electron chi connectivity index (χ1n) is 6.50. The summed E-state index contributed by atoms with van der Waals surface area (Å²) in [6, 6.07) is 4.82. The minimum atomic E-state index is -4.54. The number of carbonyl (C=O) groups is 1. The van der Waals surface area contributed by atoms with Crippen molar-refractivity contribution in [2.75, 3.05) is 19.7 Å². The second kappa shape index (κ2) is 5.83. The minimum Gasteiger partial charge on any atom is -0.396 e. The average Bonchev–Trinajstić information content (AvgIpc) is 2.45. The molecule has 1 saturated heterocycles. The summed E-state index contributed by atoms with van der Waals surface area (Å²) in [5, 5.41) is 9.13. The van der Waals surface area contributed by atoms with Gasteiger partial charge in [-0.15, -0.1) is 0 Å². The number of rotatable bonds is 2. The molecule has 1 heterocycles. The molecular weight excluding hydrogens is 271 g/mol. The third-order valence-electron chi connectivity index (χ3n) is 3.53. The standard InChI is InChI=1S/C14H16F3NO2/c15-14(16,17)12-6-2-1-5-11(12)13(20)18-7-3-4-10(8-18)9-19/h1-2,5-6,10,19H,3-4,7-9H2. The van der Waals surface area contributed by atoms with Crippen LogP contribution in [-0.2, 0) is 6.18 Å². The Morgan fingerprint density at radius 2 is 2.05 bits per heavy atom. The number of piperidine rings is 1. The van der Waals surface area contributed by atoms with Gasteiger partial charge in [-0.1, -0.05) is 12.1 Å². The van der Waals surface area contributed by atoms with Crippen LogP contribution in [0.5, 0.6) is 0 Å². The highest BCUT2D eigenvalue weighted by Gasteiger charge is 2.36. The number of hydrogen-bond acceptors (Lipinski definition) is 2. The highest BCUT2D eigenvalue weighted by Crippen LogP contribution is 2.32. The maximum Gasteiger partial charge on any atom is 0.417 e. The fourth-order valence-electron chi connectivity index (χ4n) is 2.49. The van der Waals surface area contributed by atoms with Crippen molar-refractivity contribution in [2.24, 2.45) is 5.92 Å². The van der Waals surface area contributed by atoms with Crippen LogP contribution in [0.2, 0.25) is 0 Å². The number of amides is 1. The van der Waals surface area contributed by atoms with Gasteiger partial charge in [0.1, 0.15) is 0 Å². The first-order valence-corrected chi connectivity index (χ1v) is 6.50. The van der Waals surface area contributed by atoms with E-state index < -0.39 is 17.6 Å². The molecular formula is C14H16F3NO2. The molecule has 1 aliphatic rings. The predicted molar refractivity (Wildman–Crippen MR) is 67.2 cm³/mol. The molecule has 1 atom stereocenters. The van der Waals surface area contributed by atoms with Gasteiger partial charge in [-0.05, 0) is 30.9 Å². The molecule has 6 heteroatoms. The fraction of sp³-hybridized carbons (Fsp3) is 0.500. The van der Waals surface area contributed by atoms with Crippen LogP contribution < -0.4 is 0 Å². The highest BCUT2D eigenvalue weighted by atomic mass is 19.4. The lowest BCUT2D eigenvalue weighted by molar-refractivity contribution is -0.138. The Labute approximate surface area is 115 Å². The van der Waals surface area contributed by atoms with Gasteiger partial charge in [0.2, 0.25) is 0 Å². The third kappa shape index (κ3) is 3.12. The number of alkyl halides is 3. The predicted octanol–water partition coefficient (Wildman–Crippen LogP) is 2.55. The van der Waals surface area contributed by atoms with Gasteiger partial charge in [0.25, 0.3) is 5.91 Å². The minimum absolute atomic E-state index is 0.0502. The summed E-state index contributed by atoms with van der Waals surface area (Å²) in [4.78, 5) is 13.7. The molecule has 1 unspecified atom stereocenters. The summed E-state index contributed by atoms with van der Waals surface area (Å²) >= 11 is 0. The molecule has 20 heavy (non-hydrogen) atoms. The molecule has 1 aromatic rings. The Hall–Kier alpha value is -1.56. The summed E-state index contributed by atoms with van der Waals surface area (Å²) in [6.45, 7) is 0.688. The molecule has 1 amide bonds. The fourth-order valence-corrected chi connectivity index (χ4v) is 2.49. The molecule has 0 bridgehead atoms. The maximum atomic E-state index is 12.9. The van der Waals surface area contributed by atoms with Gasteiger partial charge in [-0.2, -0.15) is 13.2 Å². The lowest BCUT2D eigenvalue weighted by atomic mass is 9.97. The van der Waals surface area contributed by atoms with Crippen molar-refractivity contribution in [3.05, 3.63) is 35.4 Å². The van der Waals surface area contributed by atoms with E-state index >= 15 is 0 Å². The van der Waals surface area contributed by atoms with Crippen molar-refractivity contribution in [2.45, 2.75) is 19.0 Å². The molecule has 0 aliphatic carbocycles. The van der Waals surface area contributed by atoms with Gasteiger partial charge in [0.05, 0.1) is 11.1 Å². The van der Waals surface area contributed by atoms with Crippen LogP contribution in [0, 0.1) is 5.92 Å². The Bertz CT molecular complexity index is 488. The van der Waals surface area contributed by atoms with Gasteiger partial charge in [-0.3, -0.25) is 4.79 Å². The molecule has 1 aliphatic heterocycles. The zero-order chi connectivity index (χ0) is 14.8. The lowest BCUT2D eigenvalue weighted by Crippen LogP contribution is -2.41. The topological polar surface area (TPSA) is 40.5 Å². The highest BCUT2D eigenvalue weighted by molar-refractivity contribution is 5.96. The maximum absolute atomic E-state index is 12.9. The van der Waals surface area contributed by atoms with E-state index in [9.17, 15) is 18.0 Å². The van der Waals surface area contributed by atoms with E-state index in [0.29, 0.717) is 19.5 Å². The van der Waals surface area contributed by atoms with E-state index in [4.69, 9.17) is 5.11 Å². The van der Waals surface area contributed by atoms with E-state index in [1.807, 2.05) is 0 Å². The number of halogens is 3. The molecule has 3 nitrogen and oxygen atoms in total. The molecule has 1 aromatic carbocycles. The Morgan fingerprint density at radius 1 is 1.35 bits per heavy atom. The monoisotopic (exact) mass is 287 g/mol. The van der Waals surface area contributed by atoms with Crippen LogP contribution >= 0.6 is 0 Å². The first-order chi connectivity index (χ1) is 9.43. The normalized spacial score (nSPS) is 20.0. The van der Waals surface area contributed by atoms with Crippen molar-refractivity contribution in [1.29, 1.82) is 0 Å². The largest absolute Gasteiger partial charge is 0.417 e. The van der Waals surface area contributed by atoms with Crippen LogP contribution in [0.15, 0.2) is 24.3 Å². The van der Waals surface area contributed by atoms with Crippen LogP contribution in [0.4, 0.5) is 13.2 Å². The number of benzene rings is 1. The molecule has 1 fully saturated rings. The molecule has 110 valence electrons.